The molecule has 53 heavy (non-hydrogen) atoms. The van der Waals surface area contributed by atoms with E-state index in [9.17, 15) is 39.6 Å². The van der Waals surface area contributed by atoms with Gasteiger partial charge in [0.15, 0.2) is 0 Å². The summed E-state index contributed by atoms with van der Waals surface area (Å²) in [6.45, 7) is 5.41. The van der Waals surface area contributed by atoms with E-state index in [0.29, 0.717) is 34.2 Å². The van der Waals surface area contributed by atoms with E-state index in [1.54, 1.807) is 48.5 Å². The van der Waals surface area contributed by atoms with Crippen LogP contribution in [-0.2, 0) is 39.3 Å². The van der Waals surface area contributed by atoms with Gasteiger partial charge in [0.2, 0.25) is 0 Å². The number of hydrogen-bond acceptors (Lipinski definition) is 11. The SMILES string of the molecule is CC(C)c1cc(CN(Cc2cccc(C(=O)O)n2)Cc2cccc(C(=O)O)n2)nc(CN(Cc2cccc(C(=O)O)n2)Cc2cccc(C(=O)O)n2)c1. The Labute approximate surface area is 304 Å². The third-order valence-electron chi connectivity index (χ3n) is 8.04. The first-order valence-electron chi connectivity index (χ1n) is 16.5. The Hall–Kier alpha value is -6.45. The summed E-state index contributed by atoms with van der Waals surface area (Å²) in [4.78, 5) is 72.7. The van der Waals surface area contributed by atoms with Crippen LogP contribution in [0.25, 0.3) is 0 Å². The lowest BCUT2D eigenvalue weighted by atomic mass is 10.0. The number of aromatic nitrogens is 5. The van der Waals surface area contributed by atoms with Gasteiger partial charge >= 0.3 is 23.9 Å². The fourth-order valence-electron chi connectivity index (χ4n) is 5.63. The van der Waals surface area contributed by atoms with Crippen LogP contribution in [0.3, 0.4) is 0 Å². The average molecular weight is 720 g/mol. The van der Waals surface area contributed by atoms with Gasteiger partial charge in [0, 0.05) is 39.3 Å². The van der Waals surface area contributed by atoms with Crippen LogP contribution in [0.2, 0.25) is 0 Å². The van der Waals surface area contributed by atoms with Gasteiger partial charge in [-0.05, 0) is 72.1 Å². The summed E-state index contributed by atoms with van der Waals surface area (Å²) in [7, 11) is 0. The minimum Gasteiger partial charge on any atom is -0.477 e. The maximum Gasteiger partial charge on any atom is 0.354 e. The van der Waals surface area contributed by atoms with E-state index in [1.807, 2.05) is 35.8 Å². The van der Waals surface area contributed by atoms with Gasteiger partial charge in [-0.1, -0.05) is 38.1 Å². The highest BCUT2D eigenvalue weighted by Gasteiger charge is 2.19. The second kappa shape index (κ2) is 17.2. The van der Waals surface area contributed by atoms with E-state index in [0.717, 1.165) is 5.56 Å². The van der Waals surface area contributed by atoms with E-state index in [-0.39, 0.29) is 68.0 Å². The molecule has 0 amide bonds. The van der Waals surface area contributed by atoms with Crippen LogP contribution in [0.1, 0.15) is 101 Å². The highest BCUT2D eigenvalue weighted by Crippen LogP contribution is 2.22. The summed E-state index contributed by atoms with van der Waals surface area (Å²) in [6.07, 6.45) is 0. The number of carboxylic acid groups (broad SMARTS) is 4. The van der Waals surface area contributed by atoms with Crippen LogP contribution >= 0.6 is 0 Å². The van der Waals surface area contributed by atoms with Crippen molar-refractivity contribution in [2.45, 2.75) is 59.0 Å². The number of hydrogen-bond donors (Lipinski definition) is 4. The molecule has 15 heteroatoms. The van der Waals surface area contributed by atoms with Gasteiger partial charge in [0.05, 0.1) is 34.2 Å². The van der Waals surface area contributed by atoms with Crippen LogP contribution < -0.4 is 0 Å². The molecule has 0 spiro atoms. The fourth-order valence-corrected chi connectivity index (χ4v) is 5.63. The number of aromatic carboxylic acids is 4. The van der Waals surface area contributed by atoms with Crippen molar-refractivity contribution in [1.82, 2.24) is 34.7 Å². The van der Waals surface area contributed by atoms with Gasteiger partial charge in [0.25, 0.3) is 0 Å². The maximum absolute atomic E-state index is 11.7. The van der Waals surface area contributed by atoms with Crippen LogP contribution in [0.15, 0.2) is 84.9 Å². The zero-order valence-electron chi connectivity index (χ0n) is 29.0. The molecule has 0 aliphatic rings. The van der Waals surface area contributed by atoms with Crippen molar-refractivity contribution in [3.63, 3.8) is 0 Å². The van der Waals surface area contributed by atoms with Crippen LogP contribution in [0, 0.1) is 0 Å². The maximum atomic E-state index is 11.7. The van der Waals surface area contributed by atoms with E-state index < -0.39 is 23.9 Å². The summed E-state index contributed by atoms with van der Waals surface area (Å²) in [6, 6.07) is 22.9. The van der Waals surface area contributed by atoms with E-state index >= 15 is 0 Å². The molecule has 15 nitrogen and oxygen atoms in total. The first-order valence-corrected chi connectivity index (χ1v) is 16.5. The monoisotopic (exact) mass is 719 g/mol. The van der Waals surface area contributed by atoms with Crippen molar-refractivity contribution >= 4 is 23.9 Å². The standard InChI is InChI=1S/C38H37N7O8/c1-23(2)24-15-29(21-44(17-25-7-3-11-31(40-25)35(46)47)18-26-8-4-12-32(41-26)36(48)49)39-30(16-24)22-45(19-27-9-5-13-33(42-27)37(50)51)20-28-10-6-14-34(43-28)38(52)53/h3-16,23H,17-22H2,1-2H3,(H,46,47)(H,48,49)(H,50,51)(H,52,53). The van der Waals surface area contributed by atoms with Crippen molar-refractivity contribution in [2.24, 2.45) is 0 Å². The lowest BCUT2D eigenvalue weighted by Crippen LogP contribution is -2.27. The molecule has 5 rings (SSSR count). The van der Waals surface area contributed by atoms with E-state index in [1.165, 1.54) is 24.3 Å². The Bertz CT molecular complexity index is 1880. The molecule has 0 aliphatic carbocycles. The van der Waals surface area contributed by atoms with Gasteiger partial charge in [-0.2, -0.15) is 0 Å². The molecule has 0 radical (unpaired) electrons. The predicted octanol–water partition coefficient (Wildman–Crippen LogP) is 4.98. The molecule has 5 aromatic rings. The van der Waals surface area contributed by atoms with E-state index in [2.05, 4.69) is 19.9 Å². The van der Waals surface area contributed by atoms with Crippen molar-refractivity contribution in [3.8, 4) is 0 Å². The lowest BCUT2D eigenvalue weighted by Gasteiger charge is -2.25. The third-order valence-corrected chi connectivity index (χ3v) is 8.04. The fraction of sp³-hybridized carbons (Fsp3) is 0.237. The summed E-state index contributed by atoms with van der Waals surface area (Å²) in [5, 5.41) is 38.1. The molecule has 5 heterocycles. The first kappa shape index (κ1) is 37.8. The topological polar surface area (TPSA) is 220 Å². The zero-order valence-corrected chi connectivity index (χ0v) is 29.0. The van der Waals surface area contributed by atoms with Gasteiger partial charge in [-0.15, -0.1) is 0 Å². The van der Waals surface area contributed by atoms with Gasteiger partial charge < -0.3 is 20.4 Å². The summed E-state index contributed by atoms with van der Waals surface area (Å²) >= 11 is 0. The summed E-state index contributed by atoms with van der Waals surface area (Å²) < 4.78 is 0. The molecule has 0 saturated carbocycles. The predicted molar refractivity (Wildman–Crippen MR) is 189 cm³/mol. The molecule has 0 saturated heterocycles. The Kier molecular flexibility index (Phi) is 12.2. The number of nitrogens with zero attached hydrogens (tertiary/aromatic N) is 7. The average Bonchev–Trinajstić information content (AvgIpc) is 3.12. The normalized spacial score (nSPS) is 11.3. The number of rotatable bonds is 17. The molecule has 0 aromatic carbocycles. The zero-order chi connectivity index (χ0) is 38.1. The Morgan fingerprint density at radius 1 is 0.453 bits per heavy atom. The van der Waals surface area contributed by atoms with Gasteiger partial charge in [-0.25, -0.2) is 39.1 Å². The molecule has 0 unspecified atom stereocenters. The number of carboxylic acids is 4. The number of pyridine rings is 5. The first-order chi connectivity index (χ1) is 25.3. The Morgan fingerprint density at radius 2 is 0.717 bits per heavy atom. The molecular formula is C38H37N7O8. The second-order valence-corrected chi connectivity index (χ2v) is 12.6. The minimum absolute atomic E-state index is 0.100. The largest absolute Gasteiger partial charge is 0.477 e. The van der Waals surface area contributed by atoms with Crippen LogP contribution in [0.4, 0.5) is 0 Å². The van der Waals surface area contributed by atoms with Crippen LogP contribution in [-0.4, -0.2) is 79.0 Å². The van der Waals surface area contributed by atoms with Crippen molar-refractivity contribution in [1.29, 1.82) is 0 Å². The number of carbonyl (C=O) groups is 4. The van der Waals surface area contributed by atoms with Crippen molar-refractivity contribution in [3.05, 3.63) is 147 Å². The molecule has 5 aromatic heterocycles. The molecular weight excluding hydrogens is 682 g/mol. The highest BCUT2D eigenvalue weighted by molar-refractivity contribution is 5.86. The quantitative estimate of drug-likeness (QED) is 0.0995. The van der Waals surface area contributed by atoms with Gasteiger partial charge in [-0.3, -0.25) is 14.8 Å². The molecule has 0 aliphatic heterocycles. The minimum atomic E-state index is -1.16. The highest BCUT2D eigenvalue weighted by atomic mass is 16.4. The van der Waals surface area contributed by atoms with Crippen molar-refractivity contribution in [2.75, 3.05) is 0 Å². The molecule has 272 valence electrons. The van der Waals surface area contributed by atoms with E-state index in [4.69, 9.17) is 4.98 Å². The Morgan fingerprint density at radius 3 is 0.962 bits per heavy atom. The molecule has 0 fully saturated rings. The molecule has 0 bridgehead atoms. The molecule has 0 atom stereocenters. The second-order valence-electron chi connectivity index (χ2n) is 12.6. The summed E-state index contributed by atoms with van der Waals surface area (Å²) in [5.74, 6) is -4.55. The smallest absolute Gasteiger partial charge is 0.354 e. The van der Waals surface area contributed by atoms with Crippen molar-refractivity contribution < 1.29 is 39.6 Å². The van der Waals surface area contributed by atoms with Gasteiger partial charge in [0.1, 0.15) is 22.8 Å². The third kappa shape index (κ3) is 10.8. The lowest BCUT2D eigenvalue weighted by molar-refractivity contribution is 0.0679. The molecule has 4 N–H and O–H groups in total. The van der Waals surface area contributed by atoms with Crippen LogP contribution in [0.5, 0.6) is 0 Å². The Balaban J connectivity index is 1.50. The summed E-state index contributed by atoms with van der Waals surface area (Å²) in [5.41, 5.74) is 3.83.